The van der Waals surface area contributed by atoms with Crippen LogP contribution in [0.25, 0.3) is 0 Å². The van der Waals surface area contributed by atoms with E-state index in [0.717, 1.165) is 25.3 Å². The molecule has 0 saturated heterocycles. The molecule has 1 aliphatic rings. The summed E-state index contributed by atoms with van der Waals surface area (Å²) in [5.74, 6) is 0.720. The lowest BCUT2D eigenvalue weighted by atomic mass is 9.77. The summed E-state index contributed by atoms with van der Waals surface area (Å²) in [4.78, 5) is 0. The number of hydrogen-bond donors (Lipinski definition) is 2. The van der Waals surface area contributed by atoms with Crippen molar-refractivity contribution in [3.05, 3.63) is 20.8 Å². The molecule has 0 amide bonds. The Kier molecular flexibility index (Phi) is 4.64. The standard InChI is InChI=1S/C13H20BrNOS/c1-10-3-2-4-13(6-10,9-16)15-7-11-5-12(14)17-8-11/h5,8,10,15-16H,2-4,6-7,9H2,1H3. The van der Waals surface area contributed by atoms with Crippen LogP contribution in [-0.2, 0) is 6.54 Å². The second-order valence-corrected chi connectivity index (χ2v) is 7.54. The van der Waals surface area contributed by atoms with E-state index < -0.39 is 0 Å². The molecular weight excluding hydrogens is 298 g/mol. The van der Waals surface area contributed by atoms with E-state index in [1.165, 1.54) is 22.2 Å². The molecule has 1 fully saturated rings. The molecule has 1 aliphatic carbocycles. The Morgan fingerprint density at radius 1 is 1.65 bits per heavy atom. The lowest BCUT2D eigenvalue weighted by molar-refractivity contribution is 0.0983. The summed E-state index contributed by atoms with van der Waals surface area (Å²) >= 11 is 5.19. The van der Waals surface area contributed by atoms with Crippen LogP contribution in [0, 0.1) is 5.92 Å². The highest BCUT2D eigenvalue weighted by atomic mass is 79.9. The van der Waals surface area contributed by atoms with Crippen molar-refractivity contribution in [1.29, 1.82) is 0 Å². The van der Waals surface area contributed by atoms with Gasteiger partial charge in [0.05, 0.1) is 10.4 Å². The molecule has 1 aromatic rings. The fourth-order valence-corrected chi connectivity index (χ4v) is 3.96. The van der Waals surface area contributed by atoms with E-state index in [1.807, 2.05) is 0 Å². The number of aliphatic hydroxyl groups excluding tert-OH is 1. The van der Waals surface area contributed by atoms with Crippen molar-refractivity contribution < 1.29 is 5.11 Å². The molecule has 0 aromatic carbocycles. The number of aliphatic hydroxyl groups is 1. The zero-order valence-corrected chi connectivity index (χ0v) is 12.6. The Balaban J connectivity index is 1.94. The summed E-state index contributed by atoms with van der Waals surface area (Å²) in [5, 5.41) is 15.4. The van der Waals surface area contributed by atoms with Crippen molar-refractivity contribution in [2.45, 2.75) is 44.7 Å². The van der Waals surface area contributed by atoms with Gasteiger partial charge in [0.15, 0.2) is 0 Å². The predicted octanol–water partition coefficient (Wildman–Crippen LogP) is 3.54. The molecule has 17 heavy (non-hydrogen) atoms. The molecular formula is C13H20BrNOS. The third kappa shape index (κ3) is 3.53. The molecule has 0 aliphatic heterocycles. The number of halogens is 1. The normalized spacial score (nSPS) is 29.5. The maximum atomic E-state index is 9.67. The predicted molar refractivity (Wildman–Crippen MR) is 76.3 cm³/mol. The first-order chi connectivity index (χ1) is 8.13. The molecule has 2 atom stereocenters. The van der Waals surface area contributed by atoms with E-state index in [1.54, 1.807) is 11.3 Å². The zero-order valence-electron chi connectivity index (χ0n) is 10.2. The molecule has 2 rings (SSSR count). The Morgan fingerprint density at radius 3 is 3.06 bits per heavy atom. The number of thiophene rings is 1. The van der Waals surface area contributed by atoms with Gasteiger partial charge in [0.25, 0.3) is 0 Å². The van der Waals surface area contributed by atoms with Crippen LogP contribution in [0.15, 0.2) is 15.2 Å². The average Bonchev–Trinajstić information content (AvgIpc) is 2.73. The van der Waals surface area contributed by atoms with Gasteiger partial charge in [-0.1, -0.05) is 19.8 Å². The maximum absolute atomic E-state index is 9.67. The highest BCUT2D eigenvalue weighted by molar-refractivity contribution is 9.11. The number of rotatable bonds is 4. The third-order valence-electron chi connectivity index (χ3n) is 3.68. The summed E-state index contributed by atoms with van der Waals surface area (Å²) in [5.41, 5.74) is 1.25. The Hall–Kier alpha value is 0.100. The van der Waals surface area contributed by atoms with Crippen LogP contribution in [0.1, 0.15) is 38.2 Å². The summed E-state index contributed by atoms with van der Waals surface area (Å²) in [6.45, 7) is 3.39. The van der Waals surface area contributed by atoms with Gasteiger partial charge in [0.1, 0.15) is 0 Å². The van der Waals surface area contributed by atoms with Crippen LogP contribution in [0.5, 0.6) is 0 Å². The molecule has 2 nitrogen and oxygen atoms in total. The van der Waals surface area contributed by atoms with Gasteiger partial charge in [-0.15, -0.1) is 11.3 Å². The molecule has 0 radical (unpaired) electrons. The molecule has 1 heterocycles. The van der Waals surface area contributed by atoms with Gasteiger partial charge in [-0.2, -0.15) is 0 Å². The second kappa shape index (κ2) is 5.83. The maximum Gasteiger partial charge on any atom is 0.0701 e. The van der Waals surface area contributed by atoms with Crippen LogP contribution in [0.3, 0.4) is 0 Å². The lowest BCUT2D eigenvalue weighted by Gasteiger charge is -2.39. The number of nitrogens with one attached hydrogen (secondary N) is 1. The minimum Gasteiger partial charge on any atom is -0.394 e. The molecule has 1 saturated carbocycles. The third-order valence-corrected chi connectivity index (χ3v) is 5.24. The van der Waals surface area contributed by atoms with E-state index in [-0.39, 0.29) is 12.1 Å². The Bertz CT molecular complexity index is 368. The van der Waals surface area contributed by atoms with E-state index in [2.05, 4.69) is 39.6 Å². The average molecular weight is 318 g/mol. The molecule has 96 valence electrons. The van der Waals surface area contributed by atoms with Gasteiger partial charge in [0.2, 0.25) is 0 Å². The topological polar surface area (TPSA) is 32.3 Å². The van der Waals surface area contributed by atoms with Crippen molar-refractivity contribution in [2.75, 3.05) is 6.61 Å². The van der Waals surface area contributed by atoms with E-state index in [4.69, 9.17) is 0 Å². The molecule has 2 N–H and O–H groups in total. The quantitative estimate of drug-likeness (QED) is 0.890. The first-order valence-corrected chi connectivity index (χ1v) is 7.90. The van der Waals surface area contributed by atoms with Crippen molar-refractivity contribution in [1.82, 2.24) is 5.32 Å². The van der Waals surface area contributed by atoms with E-state index in [0.29, 0.717) is 0 Å². The van der Waals surface area contributed by atoms with E-state index in [9.17, 15) is 5.11 Å². The SMILES string of the molecule is CC1CCCC(CO)(NCc2csc(Br)c2)C1. The lowest BCUT2D eigenvalue weighted by Crippen LogP contribution is -2.51. The molecule has 4 heteroatoms. The monoisotopic (exact) mass is 317 g/mol. The highest BCUT2D eigenvalue weighted by Gasteiger charge is 2.33. The largest absolute Gasteiger partial charge is 0.394 e. The minimum absolute atomic E-state index is 0.0495. The fraction of sp³-hybridized carbons (Fsp3) is 0.692. The molecule has 0 spiro atoms. The first-order valence-electron chi connectivity index (χ1n) is 6.22. The fourth-order valence-electron chi connectivity index (χ4n) is 2.75. The summed E-state index contributed by atoms with van der Waals surface area (Å²) in [6, 6.07) is 2.15. The Morgan fingerprint density at radius 2 is 2.47 bits per heavy atom. The van der Waals surface area contributed by atoms with Crippen LogP contribution in [0.4, 0.5) is 0 Å². The number of hydrogen-bond acceptors (Lipinski definition) is 3. The van der Waals surface area contributed by atoms with Gasteiger partial charge >= 0.3 is 0 Å². The van der Waals surface area contributed by atoms with Gasteiger partial charge in [-0.3, -0.25) is 0 Å². The molecule has 2 unspecified atom stereocenters. The van der Waals surface area contributed by atoms with Gasteiger partial charge < -0.3 is 10.4 Å². The summed E-state index contributed by atoms with van der Waals surface area (Å²) in [6.07, 6.45) is 4.71. The van der Waals surface area contributed by atoms with Crippen LogP contribution in [0.2, 0.25) is 0 Å². The zero-order chi connectivity index (χ0) is 12.3. The second-order valence-electron chi connectivity index (χ2n) is 5.25. The highest BCUT2D eigenvalue weighted by Crippen LogP contribution is 2.32. The van der Waals surface area contributed by atoms with Crippen LogP contribution >= 0.6 is 27.3 Å². The van der Waals surface area contributed by atoms with Gasteiger partial charge in [0, 0.05) is 12.1 Å². The Labute approximate surface area is 116 Å². The minimum atomic E-state index is -0.0495. The smallest absolute Gasteiger partial charge is 0.0701 e. The molecule has 1 aromatic heterocycles. The van der Waals surface area contributed by atoms with Gasteiger partial charge in [-0.25, -0.2) is 0 Å². The molecule has 0 bridgehead atoms. The van der Waals surface area contributed by atoms with Crippen molar-refractivity contribution in [2.24, 2.45) is 5.92 Å². The van der Waals surface area contributed by atoms with Crippen molar-refractivity contribution in [3.8, 4) is 0 Å². The van der Waals surface area contributed by atoms with Crippen LogP contribution in [-0.4, -0.2) is 17.3 Å². The van der Waals surface area contributed by atoms with Crippen LogP contribution < -0.4 is 5.32 Å². The summed E-state index contributed by atoms with van der Waals surface area (Å²) in [7, 11) is 0. The first kappa shape index (κ1) is 13.5. The summed E-state index contributed by atoms with van der Waals surface area (Å²) < 4.78 is 1.17. The van der Waals surface area contributed by atoms with Crippen molar-refractivity contribution >= 4 is 27.3 Å². The van der Waals surface area contributed by atoms with Crippen molar-refractivity contribution in [3.63, 3.8) is 0 Å². The van der Waals surface area contributed by atoms with E-state index >= 15 is 0 Å². The van der Waals surface area contributed by atoms with Gasteiger partial charge in [-0.05, 0) is 51.7 Å².